The van der Waals surface area contributed by atoms with Crippen LogP contribution in [0.3, 0.4) is 0 Å². The van der Waals surface area contributed by atoms with Crippen molar-refractivity contribution in [3.8, 4) is 0 Å². The van der Waals surface area contributed by atoms with Crippen LogP contribution in [0.4, 0.5) is 17.6 Å². The van der Waals surface area contributed by atoms with Crippen molar-refractivity contribution in [1.82, 2.24) is 5.43 Å². The summed E-state index contributed by atoms with van der Waals surface area (Å²) in [7, 11) is 0. The van der Waals surface area contributed by atoms with Crippen molar-refractivity contribution < 1.29 is 17.6 Å². The summed E-state index contributed by atoms with van der Waals surface area (Å²) in [5.74, 6) is 0.660. The molecule has 6 heteroatoms. The predicted molar refractivity (Wildman–Crippen MR) is 66.6 cm³/mol. The zero-order chi connectivity index (χ0) is 14.9. The zero-order valence-electron chi connectivity index (χ0n) is 10.6. The lowest BCUT2D eigenvalue weighted by Gasteiger charge is -2.18. The Morgan fingerprint density at radius 3 is 1.95 bits per heavy atom. The minimum absolute atomic E-state index is 0.0638. The summed E-state index contributed by atoms with van der Waals surface area (Å²) >= 11 is 0. The van der Waals surface area contributed by atoms with Crippen LogP contribution in [-0.4, -0.2) is 0 Å². The average molecular weight is 284 g/mol. The van der Waals surface area contributed by atoms with Crippen LogP contribution in [0.1, 0.15) is 22.7 Å². The quantitative estimate of drug-likeness (QED) is 0.393. The third kappa shape index (κ3) is 2.81. The van der Waals surface area contributed by atoms with E-state index in [-0.39, 0.29) is 5.56 Å². The fraction of sp³-hybridized carbons (Fsp3) is 0.143. The zero-order valence-corrected chi connectivity index (χ0v) is 10.6. The van der Waals surface area contributed by atoms with E-state index in [1.807, 2.05) is 0 Å². The highest BCUT2D eigenvalue weighted by molar-refractivity contribution is 5.35. The molecule has 2 aromatic carbocycles. The second-order valence-corrected chi connectivity index (χ2v) is 4.46. The molecule has 0 saturated carbocycles. The van der Waals surface area contributed by atoms with Gasteiger partial charge in [0.2, 0.25) is 0 Å². The number of aryl methyl sites for hydroxylation is 1. The lowest BCUT2D eigenvalue weighted by molar-refractivity contribution is 0.442. The Kier molecular flexibility index (Phi) is 4.06. The van der Waals surface area contributed by atoms with Gasteiger partial charge in [0.25, 0.3) is 0 Å². The minimum atomic E-state index is -1.56. The maximum absolute atomic E-state index is 13.4. The molecule has 0 aromatic heterocycles. The van der Waals surface area contributed by atoms with Gasteiger partial charge < -0.3 is 0 Å². The van der Waals surface area contributed by atoms with E-state index in [0.29, 0.717) is 11.1 Å². The molecule has 0 bridgehead atoms. The topological polar surface area (TPSA) is 38.0 Å². The fourth-order valence-corrected chi connectivity index (χ4v) is 2.06. The summed E-state index contributed by atoms with van der Waals surface area (Å²) in [5, 5.41) is 0. The molecule has 1 atom stereocenters. The maximum Gasteiger partial charge on any atom is 0.194 e. The van der Waals surface area contributed by atoms with Crippen LogP contribution in [0.5, 0.6) is 0 Å². The van der Waals surface area contributed by atoms with Crippen LogP contribution in [0.2, 0.25) is 0 Å². The average Bonchev–Trinajstić information content (AvgIpc) is 2.35. The van der Waals surface area contributed by atoms with Gasteiger partial charge in [-0.05, 0) is 47.9 Å². The highest BCUT2D eigenvalue weighted by Crippen LogP contribution is 2.25. The number of benzene rings is 2. The Morgan fingerprint density at radius 1 is 0.900 bits per heavy atom. The van der Waals surface area contributed by atoms with Gasteiger partial charge in [0.05, 0.1) is 6.04 Å². The van der Waals surface area contributed by atoms with Crippen LogP contribution in [0, 0.1) is 30.2 Å². The van der Waals surface area contributed by atoms with E-state index >= 15 is 0 Å². The summed E-state index contributed by atoms with van der Waals surface area (Å²) in [5.41, 5.74) is 3.42. The van der Waals surface area contributed by atoms with Crippen LogP contribution in [0.15, 0.2) is 30.3 Å². The molecule has 106 valence electrons. The van der Waals surface area contributed by atoms with Crippen molar-refractivity contribution in [2.45, 2.75) is 13.0 Å². The monoisotopic (exact) mass is 284 g/mol. The van der Waals surface area contributed by atoms with Crippen LogP contribution in [-0.2, 0) is 0 Å². The van der Waals surface area contributed by atoms with Crippen molar-refractivity contribution in [2.24, 2.45) is 5.84 Å². The molecule has 2 rings (SSSR count). The Hall–Kier alpha value is -1.92. The summed E-state index contributed by atoms with van der Waals surface area (Å²) < 4.78 is 52.8. The Balaban J connectivity index is 2.52. The second-order valence-electron chi connectivity index (χ2n) is 4.46. The first-order valence-corrected chi connectivity index (χ1v) is 5.80. The predicted octanol–water partition coefficient (Wildman–Crippen LogP) is 3.10. The summed E-state index contributed by atoms with van der Waals surface area (Å²) in [6.45, 7) is 1.67. The van der Waals surface area contributed by atoms with E-state index in [1.54, 1.807) is 13.0 Å². The molecule has 2 nitrogen and oxygen atoms in total. The molecule has 3 N–H and O–H groups in total. The van der Waals surface area contributed by atoms with Gasteiger partial charge in [-0.3, -0.25) is 5.84 Å². The molecular weight excluding hydrogens is 272 g/mol. The SMILES string of the molecule is Cc1cc(F)cc(C(NN)c2cc(F)c(F)c(F)c2)c1. The van der Waals surface area contributed by atoms with Gasteiger partial charge in [-0.1, -0.05) is 6.07 Å². The molecule has 0 heterocycles. The van der Waals surface area contributed by atoms with Crippen molar-refractivity contribution in [3.05, 3.63) is 70.3 Å². The summed E-state index contributed by atoms with van der Waals surface area (Å²) in [6.07, 6.45) is 0. The van der Waals surface area contributed by atoms with Gasteiger partial charge in [0.15, 0.2) is 17.5 Å². The highest BCUT2D eigenvalue weighted by Gasteiger charge is 2.18. The molecule has 0 aliphatic carbocycles. The molecule has 0 fully saturated rings. The number of hydrogen-bond acceptors (Lipinski definition) is 2. The molecule has 0 aliphatic rings. The largest absolute Gasteiger partial charge is 0.271 e. The van der Waals surface area contributed by atoms with Gasteiger partial charge in [-0.15, -0.1) is 0 Å². The van der Waals surface area contributed by atoms with Crippen molar-refractivity contribution in [3.63, 3.8) is 0 Å². The standard InChI is InChI=1S/C14H12F4N2/c1-7-2-8(4-10(15)3-7)14(20-19)9-5-11(16)13(18)12(17)6-9/h2-6,14,20H,19H2,1H3. The molecule has 0 amide bonds. The van der Waals surface area contributed by atoms with Crippen molar-refractivity contribution in [1.29, 1.82) is 0 Å². The maximum atomic E-state index is 13.4. The lowest BCUT2D eigenvalue weighted by Crippen LogP contribution is -2.29. The van der Waals surface area contributed by atoms with Gasteiger partial charge in [-0.25, -0.2) is 23.0 Å². The Morgan fingerprint density at radius 2 is 1.45 bits per heavy atom. The fourth-order valence-electron chi connectivity index (χ4n) is 2.06. The smallest absolute Gasteiger partial charge is 0.194 e. The molecule has 0 aliphatic heterocycles. The summed E-state index contributed by atoms with van der Waals surface area (Å²) in [6, 6.07) is 4.91. The summed E-state index contributed by atoms with van der Waals surface area (Å²) in [4.78, 5) is 0. The first kappa shape index (κ1) is 14.5. The minimum Gasteiger partial charge on any atom is -0.271 e. The van der Waals surface area contributed by atoms with Crippen LogP contribution < -0.4 is 11.3 Å². The normalized spacial score (nSPS) is 12.5. The number of hydrogen-bond donors (Lipinski definition) is 2. The molecule has 20 heavy (non-hydrogen) atoms. The second kappa shape index (κ2) is 5.60. The van der Waals surface area contributed by atoms with Crippen molar-refractivity contribution in [2.75, 3.05) is 0 Å². The number of nitrogens with one attached hydrogen (secondary N) is 1. The van der Waals surface area contributed by atoms with Gasteiger partial charge in [0, 0.05) is 0 Å². The molecular formula is C14H12F4N2. The van der Waals surface area contributed by atoms with Gasteiger partial charge in [0.1, 0.15) is 5.82 Å². The van der Waals surface area contributed by atoms with E-state index in [0.717, 1.165) is 12.1 Å². The Bertz CT molecular complexity index is 600. The van der Waals surface area contributed by atoms with E-state index in [4.69, 9.17) is 5.84 Å². The number of nitrogens with two attached hydrogens (primary N) is 1. The van der Waals surface area contributed by atoms with Crippen LogP contribution in [0.25, 0.3) is 0 Å². The highest BCUT2D eigenvalue weighted by atomic mass is 19.2. The first-order valence-electron chi connectivity index (χ1n) is 5.80. The van der Waals surface area contributed by atoms with E-state index in [2.05, 4.69) is 5.43 Å². The van der Waals surface area contributed by atoms with Gasteiger partial charge >= 0.3 is 0 Å². The lowest BCUT2D eigenvalue weighted by atomic mass is 9.97. The third-order valence-corrected chi connectivity index (χ3v) is 2.90. The number of hydrazine groups is 1. The number of rotatable bonds is 3. The molecule has 0 spiro atoms. The van der Waals surface area contributed by atoms with Gasteiger partial charge in [-0.2, -0.15) is 0 Å². The molecule has 0 radical (unpaired) electrons. The van der Waals surface area contributed by atoms with E-state index in [1.165, 1.54) is 12.1 Å². The van der Waals surface area contributed by atoms with Crippen LogP contribution >= 0.6 is 0 Å². The first-order chi connectivity index (χ1) is 9.42. The molecule has 1 unspecified atom stereocenters. The Labute approximate surface area is 113 Å². The molecule has 2 aromatic rings. The third-order valence-electron chi connectivity index (χ3n) is 2.90. The van der Waals surface area contributed by atoms with E-state index < -0.39 is 29.3 Å². The van der Waals surface area contributed by atoms with Crippen molar-refractivity contribution >= 4 is 0 Å². The molecule has 0 saturated heterocycles. The number of halogens is 4. The van der Waals surface area contributed by atoms with E-state index in [9.17, 15) is 17.6 Å².